The summed E-state index contributed by atoms with van der Waals surface area (Å²) in [5.74, 6) is -0.676. The van der Waals surface area contributed by atoms with Crippen molar-refractivity contribution < 1.29 is 18.0 Å². The van der Waals surface area contributed by atoms with Gasteiger partial charge in [-0.1, -0.05) is 19.4 Å². The van der Waals surface area contributed by atoms with Gasteiger partial charge < -0.3 is 10.6 Å². The number of nitrogens with one attached hydrogen (secondary N) is 3. The van der Waals surface area contributed by atoms with Crippen molar-refractivity contribution in [1.29, 1.82) is 0 Å². The van der Waals surface area contributed by atoms with Crippen LogP contribution in [0.2, 0.25) is 0 Å². The molecule has 1 aromatic rings. The second kappa shape index (κ2) is 8.18. The molecule has 1 aliphatic carbocycles. The van der Waals surface area contributed by atoms with Crippen LogP contribution in [0.5, 0.6) is 0 Å². The van der Waals surface area contributed by atoms with Crippen molar-refractivity contribution in [2.45, 2.75) is 62.9 Å². The van der Waals surface area contributed by atoms with Gasteiger partial charge in [0, 0.05) is 17.6 Å². The third-order valence-corrected chi connectivity index (χ3v) is 5.98. The van der Waals surface area contributed by atoms with Gasteiger partial charge in [0.05, 0.1) is 10.9 Å². The minimum Gasteiger partial charge on any atom is -0.355 e. The van der Waals surface area contributed by atoms with Gasteiger partial charge in [0.2, 0.25) is 15.9 Å². The Morgan fingerprint density at radius 1 is 1.23 bits per heavy atom. The van der Waals surface area contributed by atoms with Gasteiger partial charge in [-0.25, -0.2) is 8.42 Å². The molecular weight excluding hydrogens is 354 g/mol. The molecule has 0 aliphatic heterocycles. The van der Waals surface area contributed by atoms with E-state index in [0.29, 0.717) is 12.1 Å². The summed E-state index contributed by atoms with van der Waals surface area (Å²) in [7, 11) is -3.91. The average molecular weight is 381 g/mol. The molecule has 144 valence electrons. The summed E-state index contributed by atoms with van der Waals surface area (Å²) in [6, 6.07) is 4.95. The molecule has 0 unspecified atom stereocenters. The minimum absolute atomic E-state index is 0.0402. The lowest BCUT2D eigenvalue weighted by atomic mass is 10.1. The Bertz CT molecular complexity index is 772. The van der Waals surface area contributed by atoms with Crippen LogP contribution in [-0.2, 0) is 14.8 Å². The van der Waals surface area contributed by atoms with Crippen LogP contribution in [0.3, 0.4) is 0 Å². The van der Waals surface area contributed by atoms with E-state index in [9.17, 15) is 18.0 Å². The minimum atomic E-state index is -3.91. The zero-order valence-electron chi connectivity index (χ0n) is 15.5. The summed E-state index contributed by atoms with van der Waals surface area (Å²) in [5, 5.41) is 5.58. The molecule has 1 atom stereocenters. The van der Waals surface area contributed by atoms with Gasteiger partial charge >= 0.3 is 0 Å². The summed E-state index contributed by atoms with van der Waals surface area (Å²) >= 11 is 0. The quantitative estimate of drug-likeness (QED) is 0.604. The van der Waals surface area contributed by atoms with E-state index in [1.165, 1.54) is 25.1 Å². The fraction of sp³-hybridized carbons (Fsp3) is 0.556. The normalized spacial score (nSPS) is 16.6. The fourth-order valence-corrected chi connectivity index (χ4v) is 4.11. The third kappa shape index (κ3) is 5.04. The fourth-order valence-electron chi connectivity index (χ4n) is 2.87. The Balaban J connectivity index is 2.12. The number of hydrogen-bond donors (Lipinski definition) is 3. The largest absolute Gasteiger partial charge is 0.355 e. The molecule has 0 bridgehead atoms. The van der Waals surface area contributed by atoms with Crippen LogP contribution in [0.25, 0.3) is 0 Å². The Hall–Kier alpha value is -1.93. The van der Waals surface area contributed by atoms with Gasteiger partial charge in [-0.3, -0.25) is 9.59 Å². The molecule has 0 spiro atoms. The zero-order valence-corrected chi connectivity index (χ0v) is 16.3. The van der Waals surface area contributed by atoms with Crippen molar-refractivity contribution in [2.24, 2.45) is 0 Å². The van der Waals surface area contributed by atoms with E-state index in [1.807, 2.05) is 0 Å². The highest BCUT2D eigenvalue weighted by molar-refractivity contribution is 7.89. The topological polar surface area (TPSA) is 104 Å². The van der Waals surface area contributed by atoms with Gasteiger partial charge in [-0.2, -0.15) is 4.72 Å². The van der Waals surface area contributed by atoms with Gasteiger partial charge in [0.1, 0.15) is 0 Å². The van der Waals surface area contributed by atoms with Gasteiger partial charge in [-0.05, 0) is 51.3 Å². The Kier molecular flexibility index (Phi) is 6.41. The van der Waals surface area contributed by atoms with E-state index in [1.54, 1.807) is 13.0 Å². The van der Waals surface area contributed by atoms with E-state index in [4.69, 9.17) is 0 Å². The predicted octanol–water partition coefficient (Wildman–Crippen LogP) is 1.55. The molecule has 26 heavy (non-hydrogen) atoms. The first-order chi connectivity index (χ1) is 12.2. The van der Waals surface area contributed by atoms with E-state index in [0.717, 1.165) is 25.7 Å². The van der Waals surface area contributed by atoms with Crippen LogP contribution in [0.1, 0.15) is 56.8 Å². The van der Waals surface area contributed by atoms with Crippen LogP contribution < -0.4 is 15.4 Å². The summed E-state index contributed by atoms with van der Waals surface area (Å²) in [4.78, 5) is 24.2. The third-order valence-electron chi connectivity index (χ3n) is 4.44. The SMILES string of the molecule is CCCC1(NC(=O)c2cccc(S(=O)(=O)N[C@@H](C)C(=O)NCC)c2)CC1. The lowest BCUT2D eigenvalue weighted by Crippen LogP contribution is -2.44. The molecule has 1 fully saturated rings. The first-order valence-electron chi connectivity index (χ1n) is 8.95. The summed E-state index contributed by atoms with van der Waals surface area (Å²) in [6.45, 7) is 5.72. The van der Waals surface area contributed by atoms with E-state index >= 15 is 0 Å². The van der Waals surface area contributed by atoms with Crippen molar-refractivity contribution in [1.82, 2.24) is 15.4 Å². The molecular formula is C18H27N3O4S. The van der Waals surface area contributed by atoms with Crippen molar-refractivity contribution in [3.63, 3.8) is 0 Å². The second-order valence-electron chi connectivity index (χ2n) is 6.75. The van der Waals surface area contributed by atoms with Crippen molar-refractivity contribution >= 4 is 21.8 Å². The maximum atomic E-state index is 12.5. The van der Waals surface area contributed by atoms with Gasteiger partial charge in [0.15, 0.2) is 0 Å². The molecule has 0 saturated heterocycles. The molecule has 2 rings (SSSR count). The number of hydrogen-bond acceptors (Lipinski definition) is 4. The Labute approximate surface area is 155 Å². The van der Waals surface area contributed by atoms with Crippen LogP contribution in [0, 0.1) is 0 Å². The number of benzene rings is 1. The molecule has 0 aromatic heterocycles. The van der Waals surface area contributed by atoms with Crippen LogP contribution in [0.15, 0.2) is 29.2 Å². The molecule has 7 nitrogen and oxygen atoms in total. The van der Waals surface area contributed by atoms with Crippen LogP contribution in [0.4, 0.5) is 0 Å². The monoisotopic (exact) mass is 381 g/mol. The smallest absolute Gasteiger partial charge is 0.251 e. The molecule has 1 saturated carbocycles. The maximum Gasteiger partial charge on any atom is 0.251 e. The second-order valence-corrected chi connectivity index (χ2v) is 8.46. The highest BCUT2D eigenvalue weighted by Crippen LogP contribution is 2.39. The molecule has 0 heterocycles. The van der Waals surface area contributed by atoms with Gasteiger partial charge in [-0.15, -0.1) is 0 Å². The highest BCUT2D eigenvalue weighted by atomic mass is 32.2. The lowest BCUT2D eigenvalue weighted by molar-refractivity contribution is -0.122. The summed E-state index contributed by atoms with van der Waals surface area (Å²) < 4.78 is 27.3. The standard InChI is InChI=1S/C18H27N3O4S/c1-4-9-18(10-11-18)20-17(23)14-7-6-8-15(12-14)26(24,25)21-13(3)16(22)19-5-2/h6-8,12-13,21H,4-5,9-11H2,1-3H3,(H,19,22)(H,20,23)/t13-/m0/s1. The van der Waals surface area contributed by atoms with Crippen LogP contribution >= 0.6 is 0 Å². The number of sulfonamides is 1. The number of rotatable bonds is 9. The summed E-state index contributed by atoms with van der Waals surface area (Å²) in [6.07, 6.45) is 3.81. The maximum absolute atomic E-state index is 12.5. The number of carbonyl (C=O) groups is 2. The van der Waals surface area contributed by atoms with Crippen molar-refractivity contribution in [2.75, 3.05) is 6.54 Å². The predicted molar refractivity (Wildman–Crippen MR) is 99.2 cm³/mol. The highest BCUT2D eigenvalue weighted by Gasteiger charge is 2.43. The van der Waals surface area contributed by atoms with E-state index in [2.05, 4.69) is 22.3 Å². The summed E-state index contributed by atoms with van der Waals surface area (Å²) in [5.41, 5.74) is 0.159. The molecule has 8 heteroatoms. The number of carbonyl (C=O) groups excluding carboxylic acids is 2. The van der Waals surface area contributed by atoms with Crippen molar-refractivity contribution in [3.05, 3.63) is 29.8 Å². The lowest BCUT2D eigenvalue weighted by Gasteiger charge is -2.17. The van der Waals surface area contributed by atoms with E-state index < -0.39 is 22.0 Å². The molecule has 1 aromatic carbocycles. The van der Waals surface area contributed by atoms with Gasteiger partial charge in [0.25, 0.3) is 5.91 Å². The number of amides is 2. The Morgan fingerprint density at radius 3 is 2.50 bits per heavy atom. The average Bonchev–Trinajstić information content (AvgIpc) is 3.34. The van der Waals surface area contributed by atoms with Crippen LogP contribution in [-0.4, -0.2) is 38.4 Å². The molecule has 2 amide bonds. The molecule has 3 N–H and O–H groups in total. The first-order valence-corrected chi connectivity index (χ1v) is 10.4. The first kappa shape index (κ1) is 20.4. The van der Waals surface area contributed by atoms with Crippen molar-refractivity contribution in [3.8, 4) is 0 Å². The Morgan fingerprint density at radius 2 is 1.92 bits per heavy atom. The molecule has 0 radical (unpaired) electrons. The molecule has 1 aliphatic rings. The van der Waals surface area contributed by atoms with E-state index in [-0.39, 0.29) is 16.3 Å². The number of likely N-dealkylation sites (N-methyl/N-ethyl adjacent to an activating group) is 1. The zero-order chi connectivity index (χ0) is 19.4.